The van der Waals surface area contributed by atoms with Crippen LogP contribution in [-0.2, 0) is 28.3 Å². The minimum atomic E-state index is -0.674. The van der Waals surface area contributed by atoms with Gasteiger partial charge >= 0.3 is 0 Å². The average molecular weight is 453 g/mol. The Morgan fingerprint density at radius 2 is 1.75 bits per heavy atom. The first-order chi connectivity index (χ1) is 15.6. The Bertz CT molecular complexity index is 1050. The normalized spacial score (nSPS) is 20.7. The molecule has 1 N–H and O–H groups in total. The van der Waals surface area contributed by atoms with Gasteiger partial charge in [-0.3, -0.25) is 10.1 Å². The number of rotatable bonds is 8. The van der Waals surface area contributed by atoms with Crippen molar-refractivity contribution in [1.82, 2.24) is 5.32 Å². The smallest absolute Gasteiger partial charge is 0.269 e. The van der Waals surface area contributed by atoms with Gasteiger partial charge in [-0.2, -0.15) is 0 Å². The zero-order valence-electron chi connectivity index (χ0n) is 17.6. The molecule has 0 unspecified atom stereocenters. The van der Waals surface area contributed by atoms with Gasteiger partial charge in [0.25, 0.3) is 5.69 Å². The second kappa shape index (κ2) is 10.2. The maximum Gasteiger partial charge on any atom is 0.269 e. The molecule has 1 saturated heterocycles. The Morgan fingerprint density at radius 3 is 2.50 bits per heavy atom. The summed E-state index contributed by atoms with van der Waals surface area (Å²) in [6.07, 6.45) is 0.432. The summed E-state index contributed by atoms with van der Waals surface area (Å²) in [7, 11) is 0. The number of piperidine rings is 1. The molecule has 1 aliphatic rings. The van der Waals surface area contributed by atoms with Gasteiger partial charge in [0.05, 0.1) is 18.1 Å². The van der Waals surface area contributed by atoms with E-state index in [-0.39, 0.29) is 18.4 Å². The number of non-ortho nitro benzene ring substituents is 1. The van der Waals surface area contributed by atoms with Gasteiger partial charge in [-0.15, -0.1) is 0 Å². The highest BCUT2D eigenvalue weighted by Gasteiger charge is 2.44. The first kappa shape index (κ1) is 22.4. The van der Waals surface area contributed by atoms with Crippen LogP contribution in [0.3, 0.4) is 0 Å². The highest BCUT2D eigenvalue weighted by atomic mass is 35.5. The van der Waals surface area contributed by atoms with Crippen LogP contribution in [0.1, 0.15) is 23.1 Å². The summed E-state index contributed by atoms with van der Waals surface area (Å²) >= 11 is 6.15. The number of nitro groups is 1. The molecule has 0 aromatic heterocycles. The minimum Gasteiger partial charge on any atom is -0.369 e. The molecule has 0 amide bonds. The van der Waals surface area contributed by atoms with Gasteiger partial charge in [-0.05, 0) is 41.8 Å². The fourth-order valence-corrected chi connectivity index (χ4v) is 4.21. The third kappa shape index (κ3) is 5.16. The lowest BCUT2D eigenvalue weighted by Gasteiger charge is -2.44. The first-order valence-corrected chi connectivity index (χ1v) is 10.9. The topological polar surface area (TPSA) is 73.6 Å². The van der Waals surface area contributed by atoms with Crippen molar-refractivity contribution in [2.45, 2.75) is 31.3 Å². The molecule has 3 aromatic carbocycles. The van der Waals surface area contributed by atoms with Crippen LogP contribution in [0.25, 0.3) is 0 Å². The van der Waals surface area contributed by atoms with E-state index in [1.807, 2.05) is 60.7 Å². The van der Waals surface area contributed by atoms with E-state index >= 15 is 0 Å². The Morgan fingerprint density at radius 1 is 1.00 bits per heavy atom. The molecule has 0 saturated carbocycles. The third-order valence-electron chi connectivity index (χ3n) is 5.77. The Hall–Kier alpha value is -2.77. The van der Waals surface area contributed by atoms with Gasteiger partial charge in [-0.1, -0.05) is 66.2 Å². The van der Waals surface area contributed by atoms with Gasteiger partial charge in [0, 0.05) is 23.7 Å². The van der Waals surface area contributed by atoms with Crippen molar-refractivity contribution in [2.24, 2.45) is 0 Å². The number of ether oxygens (including phenoxy) is 2. The van der Waals surface area contributed by atoms with E-state index in [1.165, 1.54) is 6.07 Å². The summed E-state index contributed by atoms with van der Waals surface area (Å²) in [4.78, 5) is 10.7. The van der Waals surface area contributed by atoms with E-state index in [2.05, 4.69) is 5.32 Å². The monoisotopic (exact) mass is 452 g/mol. The maximum atomic E-state index is 11.1. The van der Waals surface area contributed by atoms with Crippen molar-refractivity contribution < 1.29 is 14.4 Å². The number of nitrogens with one attached hydrogen (secondary N) is 1. The van der Waals surface area contributed by atoms with E-state index in [0.717, 1.165) is 29.7 Å². The second-order valence-corrected chi connectivity index (χ2v) is 8.29. The predicted octanol–water partition coefficient (Wildman–Crippen LogP) is 5.24. The molecule has 0 spiro atoms. The number of hydrogen-bond donors (Lipinski definition) is 1. The zero-order chi connectivity index (χ0) is 22.4. The van der Waals surface area contributed by atoms with Crippen LogP contribution in [0.5, 0.6) is 0 Å². The largest absolute Gasteiger partial charge is 0.369 e. The molecule has 1 aliphatic heterocycles. The lowest BCUT2D eigenvalue weighted by Crippen LogP contribution is -2.54. The molecule has 32 heavy (non-hydrogen) atoms. The molecule has 0 radical (unpaired) electrons. The van der Waals surface area contributed by atoms with Crippen LogP contribution in [-0.4, -0.2) is 24.1 Å². The molecule has 0 aliphatic carbocycles. The number of benzene rings is 3. The van der Waals surface area contributed by atoms with E-state index in [1.54, 1.807) is 12.1 Å². The van der Waals surface area contributed by atoms with E-state index in [9.17, 15) is 10.1 Å². The highest BCUT2D eigenvalue weighted by Crippen LogP contribution is 2.38. The van der Waals surface area contributed by atoms with Crippen molar-refractivity contribution in [3.8, 4) is 0 Å². The lowest BCUT2D eigenvalue weighted by molar-refractivity contribution is -0.385. The molecule has 4 rings (SSSR count). The third-order valence-corrected chi connectivity index (χ3v) is 6.02. The van der Waals surface area contributed by atoms with E-state index in [0.29, 0.717) is 18.2 Å². The molecule has 1 fully saturated rings. The zero-order valence-corrected chi connectivity index (χ0v) is 18.3. The summed E-state index contributed by atoms with van der Waals surface area (Å²) < 4.78 is 13.0. The summed E-state index contributed by atoms with van der Waals surface area (Å²) in [5, 5.41) is 15.2. The minimum absolute atomic E-state index is 0.0529. The Balaban J connectivity index is 1.60. The van der Waals surface area contributed by atoms with Gasteiger partial charge in [-0.25, -0.2) is 0 Å². The van der Waals surface area contributed by atoms with Crippen molar-refractivity contribution in [2.75, 3.05) is 13.1 Å². The summed E-state index contributed by atoms with van der Waals surface area (Å²) in [6, 6.07) is 24.3. The van der Waals surface area contributed by atoms with Crippen LogP contribution < -0.4 is 5.32 Å². The number of hydrogen-bond acceptors (Lipinski definition) is 5. The standard InChI is InChI=1S/C25H25ClN2O4/c26-22-11-9-21(10-12-22)25(32-18-19-5-2-1-3-6-19)13-14-27-16-24(25)31-17-20-7-4-8-23(15-20)28(29)30/h1-12,15,24,27H,13-14,16-18H2/t24-,25-/m0/s1. The average Bonchev–Trinajstić information content (AvgIpc) is 2.83. The van der Waals surface area contributed by atoms with Gasteiger partial charge in [0.1, 0.15) is 11.7 Å². The first-order valence-electron chi connectivity index (χ1n) is 10.6. The molecular formula is C25H25ClN2O4. The quantitative estimate of drug-likeness (QED) is 0.373. The van der Waals surface area contributed by atoms with Gasteiger partial charge in [0.2, 0.25) is 0 Å². The van der Waals surface area contributed by atoms with Crippen LogP contribution in [0.2, 0.25) is 5.02 Å². The SMILES string of the molecule is O=[N+]([O-])c1cccc(CO[C@H]2CNCC[C@]2(OCc2ccccc2)c2ccc(Cl)cc2)c1. The van der Waals surface area contributed by atoms with Crippen molar-refractivity contribution in [1.29, 1.82) is 0 Å². The maximum absolute atomic E-state index is 11.1. The van der Waals surface area contributed by atoms with Crippen molar-refractivity contribution in [3.05, 3.63) is 111 Å². The van der Waals surface area contributed by atoms with Crippen LogP contribution in [0, 0.1) is 10.1 Å². The molecular weight excluding hydrogens is 428 g/mol. The Kier molecular flexibility index (Phi) is 7.17. The summed E-state index contributed by atoms with van der Waals surface area (Å²) in [5.74, 6) is 0. The lowest BCUT2D eigenvalue weighted by atomic mass is 9.82. The van der Waals surface area contributed by atoms with Gasteiger partial charge < -0.3 is 14.8 Å². The molecule has 6 nitrogen and oxygen atoms in total. The fraction of sp³-hybridized carbons (Fsp3) is 0.280. The van der Waals surface area contributed by atoms with E-state index < -0.39 is 10.5 Å². The molecule has 1 heterocycles. The Labute approximate surface area is 192 Å². The van der Waals surface area contributed by atoms with E-state index in [4.69, 9.17) is 21.1 Å². The van der Waals surface area contributed by atoms with Crippen molar-refractivity contribution in [3.63, 3.8) is 0 Å². The number of nitro benzene ring substituents is 1. The molecule has 2 atom stereocenters. The fourth-order valence-electron chi connectivity index (χ4n) is 4.08. The molecule has 7 heteroatoms. The second-order valence-electron chi connectivity index (χ2n) is 7.85. The van der Waals surface area contributed by atoms with Crippen LogP contribution >= 0.6 is 11.6 Å². The molecule has 3 aromatic rings. The van der Waals surface area contributed by atoms with Crippen LogP contribution in [0.4, 0.5) is 5.69 Å². The van der Waals surface area contributed by atoms with Crippen molar-refractivity contribution >= 4 is 17.3 Å². The summed E-state index contributed by atoms with van der Waals surface area (Å²) in [6.45, 7) is 2.08. The van der Waals surface area contributed by atoms with Gasteiger partial charge in [0.15, 0.2) is 0 Å². The number of halogens is 1. The molecule has 0 bridgehead atoms. The molecule has 166 valence electrons. The predicted molar refractivity (Wildman–Crippen MR) is 124 cm³/mol. The summed E-state index contributed by atoms with van der Waals surface area (Å²) in [5.41, 5.74) is 2.21. The van der Waals surface area contributed by atoms with Crippen LogP contribution in [0.15, 0.2) is 78.9 Å². The highest BCUT2D eigenvalue weighted by molar-refractivity contribution is 6.30. The number of nitrogens with zero attached hydrogens (tertiary/aromatic N) is 1.